The van der Waals surface area contributed by atoms with E-state index in [0.717, 1.165) is 11.1 Å². The third-order valence-corrected chi connectivity index (χ3v) is 4.73. The summed E-state index contributed by atoms with van der Waals surface area (Å²) in [5.41, 5.74) is 1.56. The van der Waals surface area contributed by atoms with Crippen molar-refractivity contribution in [2.45, 2.75) is 59.0 Å². The number of carbonyl (C=O) groups excluding carboxylic acids is 2. The van der Waals surface area contributed by atoms with Gasteiger partial charge in [0.15, 0.2) is 0 Å². The maximum atomic E-state index is 13.0. The second-order valence-electron chi connectivity index (χ2n) is 8.05. The molecule has 2 N–H and O–H groups in total. The van der Waals surface area contributed by atoms with Crippen LogP contribution in [0.15, 0.2) is 48.5 Å². The fourth-order valence-electron chi connectivity index (χ4n) is 2.68. The Kier molecular flexibility index (Phi) is 8.26. The summed E-state index contributed by atoms with van der Waals surface area (Å²) in [5, 5.41) is 5.84. The van der Waals surface area contributed by atoms with E-state index in [1.165, 1.54) is 0 Å². The molecule has 0 unspecified atom stereocenters. The van der Waals surface area contributed by atoms with Gasteiger partial charge in [0.1, 0.15) is 11.6 Å². The van der Waals surface area contributed by atoms with Crippen molar-refractivity contribution in [3.05, 3.63) is 64.7 Å². The number of carbonyl (C=O) groups is 2. The van der Waals surface area contributed by atoms with E-state index >= 15 is 0 Å². The molecule has 0 bridgehead atoms. The van der Waals surface area contributed by atoms with Crippen LogP contribution in [0.4, 0.5) is 10.5 Å². The minimum absolute atomic E-state index is 0.299. The lowest BCUT2D eigenvalue weighted by atomic mass is 10.1. The lowest BCUT2D eigenvalue weighted by Gasteiger charge is -2.27. The molecular weight excluding hydrogens is 404 g/mol. The van der Waals surface area contributed by atoms with Crippen LogP contribution in [-0.4, -0.2) is 29.7 Å². The number of hydrogen-bond acceptors (Lipinski definition) is 4. The molecule has 2 amide bonds. The molecule has 0 aromatic heterocycles. The van der Waals surface area contributed by atoms with E-state index in [-0.39, 0.29) is 0 Å². The number of amides is 2. The van der Waals surface area contributed by atoms with Crippen LogP contribution < -0.4 is 10.6 Å². The van der Waals surface area contributed by atoms with E-state index in [1.807, 2.05) is 43.3 Å². The third kappa shape index (κ3) is 7.35. The van der Waals surface area contributed by atoms with Crippen LogP contribution in [-0.2, 0) is 20.9 Å². The molecule has 2 atom stereocenters. The summed E-state index contributed by atoms with van der Waals surface area (Å²) < 4.78 is 11.2. The summed E-state index contributed by atoms with van der Waals surface area (Å²) in [4.78, 5) is 25.3. The summed E-state index contributed by atoms with van der Waals surface area (Å²) in [7, 11) is 0. The number of aryl methyl sites for hydroxylation is 1. The summed E-state index contributed by atoms with van der Waals surface area (Å²) in [6, 6.07) is 13.9. The van der Waals surface area contributed by atoms with E-state index in [1.54, 1.807) is 39.8 Å². The Hall–Kier alpha value is -2.57. The highest BCUT2D eigenvalue weighted by atomic mass is 35.5. The zero-order valence-corrected chi connectivity index (χ0v) is 18.7. The molecule has 2 rings (SSSR count). The smallest absolute Gasteiger partial charge is 0.408 e. The first-order valence-corrected chi connectivity index (χ1v) is 10.2. The maximum absolute atomic E-state index is 13.0. The van der Waals surface area contributed by atoms with Crippen molar-refractivity contribution in [1.29, 1.82) is 0 Å². The van der Waals surface area contributed by atoms with Crippen molar-refractivity contribution < 1.29 is 19.1 Å². The summed E-state index contributed by atoms with van der Waals surface area (Å²) >= 11 is 6.30. The topological polar surface area (TPSA) is 76.7 Å². The molecule has 0 spiro atoms. The van der Waals surface area contributed by atoms with Crippen molar-refractivity contribution >= 4 is 29.3 Å². The minimum Gasteiger partial charge on any atom is -0.444 e. The monoisotopic (exact) mass is 432 g/mol. The average Bonchev–Trinajstić information content (AvgIpc) is 2.67. The minimum atomic E-state index is -0.986. The van der Waals surface area contributed by atoms with Crippen molar-refractivity contribution in [1.82, 2.24) is 5.32 Å². The van der Waals surface area contributed by atoms with Gasteiger partial charge in [0, 0.05) is 0 Å². The average molecular weight is 433 g/mol. The summed E-state index contributed by atoms with van der Waals surface area (Å²) in [5.74, 6) is -0.450. The first-order chi connectivity index (χ1) is 14.1. The Bertz CT molecular complexity index is 865. The number of benzene rings is 2. The van der Waals surface area contributed by atoms with Gasteiger partial charge >= 0.3 is 6.09 Å². The lowest BCUT2D eigenvalue weighted by molar-refractivity contribution is -0.122. The molecule has 0 heterocycles. The molecule has 30 heavy (non-hydrogen) atoms. The number of hydrogen-bond donors (Lipinski definition) is 2. The molecule has 0 radical (unpaired) electrons. The normalized spacial score (nSPS) is 13.3. The van der Waals surface area contributed by atoms with Crippen molar-refractivity contribution in [3.63, 3.8) is 0 Å². The number of nitrogens with one attached hydrogen (secondary N) is 2. The molecule has 2 aromatic rings. The van der Waals surface area contributed by atoms with Crippen LogP contribution >= 0.6 is 11.6 Å². The summed E-state index contributed by atoms with van der Waals surface area (Å²) in [6.45, 7) is 9.13. The van der Waals surface area contributed by atoms with E-state index in [4.69, 9.17) is 21.1 Å². The van der Waals surface area contributed by atoms with E-state index < -0.39 is 29.7 Å². The quantitative estimate of drug-likeness (QED) is 0.639. The second kappa shape index (κ2) is 10.5. The third-order valence-electron chi connectivity index (χ3n) is 4.23. The zero-order valence-electron chi connectivity index (χ0n) is 18.0. The predicted molar refractivity (Wildman–Crippen MR) is 119 cm³/mol. The molecule has 0 saturated carbocycles. The SMILES string of the molecule is Cc1cccc(NC(=O)[C@@H](NC(=O)OC(C)(C)C)[C@H](C)OCc2ccccc2)c1Cl. The Morgan fingerprint density at radius 2 is 1.73 bits per heavy atom. The summed E-state index contributed by atoms with van der Waals surface area (Å²) in [6.07, 6.45) is -1.32. The number of ether oxygens (including phenoxy) is 2. The Morgan fingerprint density at radius 1 is 1.07 bits per heavy atom. The molecule has 0 saturated heterocycles. The first-order valence-electron chi connectivity index (χ1n) is 9.78. The van der Waals surface area contributed by atoms with Gasteiger partial charge in [-0.1, -0.05) is 54.1 Å². The Balaban J connectivity index is 2.15. The fraction of sp³-hybridized carbons (Fsp3) is 0.391. The molecule has 162 valence electrons. The van der Waals surface area contributed by atoms with Gasteiger partial charge in [-0.3, -0.25) is 4.79 Å². The molecule has 0 fully saturated rings. The van der Waals surface area contributed by atoms with Crippen LogP contribution in [0.5, 0.6) is 0 Å². The van der Waals surface area contributed by atoms with Gasteiger partial charge in [-0.15, -0.1) is 0 Å². The van der Waals surface area contributed by atoms with Gasteiger partial charge in [0.25, 0.3) is 0 Å². The van der Waals surface area contributed by atoms with E-state index in [2.05, 4.69) is 10.6 Å². The Morgan fingerprint density at radius 3 is 2.37 bits per heavy atom. The highest BCUT2D eigenvalue weighted by Gasteiger charge is 2.30. The largest absolute Gasteiger partial charge is 0.444 e. The van der Waals surface area contributed by atoms with Crippen molar-refractivity contribution in [2.24, 2.45) is 0 Å². The fourth-order valence-corrected chi connectivity index (χ4v) is 2.86. The zero-order chi connectivity index (χ0) is 22.3. The first kappa shape index (κ1) is 23.7. The van der Waals surface area contributed by atoms with Crippen LogP contribution in [0, 0.1) is 6.92 Å². The van der Waals surface area contributed by atoms with Crippen molar-refractivity contribution in [3.8, 4) is 0 Å². The van der Waals surface area contributed by atoms with Crippen LogP contribution in [0.3, 0.4) is 0 Å². The molecular formula is C23H29ClN2O4. The highest BCUT2D eigenvalue weighted by molar-refractivity contribution is 6.34. The number of anilines is 1. The Labute approximate surface area is 182 Å². The van der Waals surface area contributed by atoms with Crippen LogP contribution in [0.2, 0.25) is 5.02 Å². The number of halogens is 1. The standard InChI is InChI=1S/C23H29ClN2O4/c1-15-10-9-13-18(19(15)24)25-21(27)20(26-22(28)30-23(3,4)5)16(2)29-14-17-11-7-6-8-12-17/h6-13,16,20H,14H2,1-5H3,(H,25,27)(H,26,28)/t16-,20-/m0/s1. The lowest BCUT2D eigenvalue weighted by Crippen LogP contribution is -2.52. The molecule has 0 aliphatic heterocycles. The second-order valence-corrected chi connectivity index (χ2v) is 8.43. The van der Waals surface area contributed by atoms with E-state index in [9.17, 15) is 9.59 Å². The highest BCUT2D eigenvalue weighted by Crippen LogP contribution is 2.25. The van der Waals surface area contributed by atoms with Crippen LogP contribution in [0.1, 0.15) is 38.8 Å². The number of rotatable bonds is 7. The van der Waals surface area contributed by atoms with Gasteiger partial charge in [0.05, 0.1) is 23.4 Å². The molecule has 0 aliphatic carbocycles. The molecule has 7 heteroatoms. The van der Waals surface area contributed by atoms with Crippen molar-refractivity contribution in [2.75, 3.05) is 5.32 Å². The predicted octanol–water partition coefficient (Wildman–Crippen LogP) is 5.09. The van der Waals surface area contributed by atoms with Gasteiger partial charge in [-0.05, 0) is 51.8 Å². The van der Waals surface area contributed by atoms with Gasteiger partial charge in [0.2, 0.25) is 5.91 Å². The molecule has 0 aliphatic rings. The van der Waals surface area contributed by atoms with Crippen LogP contribution in [0.25, 0.3) is 0 Å². The van der Waals surface area contributed by atoms with Gasteiger partial charge in [-0.25, -0.2) is 4.79 Å². The molecule has 2 aromatic carbocycles. The van der Waals surface area contributed by atoms with E-state index in [0.29, 0.717) is 17.3 Å². The number of alkyl carbamates (subject to hydrolysis) is 1. The van der Waals surface area contributed by atoms with Gasteiger partial charge in [-0.2, -0.15) is 0 Å². The maximum Gasteiger partial charge on any atom is 0.408 e. The molecule has 6 nitrogen and oxygen atoms in total. The van der Waals surface area contributed by atoms with Gasteiger partial charge < -0.3 is 20.1 Å².